The molecular formula is C14H22N6. The molecule has 6 heteroatoms. The minimum absolute atomic E-state index is 0.554. The lowest BCUT2D eigenvalue weighted by molar-refractivity contribution is 0.538. The van der Waals surface area contributed by atoms with Crippen molar-refractivity contribution in [1.29, 1.82) is 0 Å². The smallest absolute Gasteiger partial charge is 0.203 e. The lowest BCUT2D eigenvalue weighted by Gasteiger charge is -2.28. The standard InChI is InChI=1S/C14H22N6/c1-11(2)8-20(9-12-4-3-5-15-12)13-14-18-17-10-19(14)7-6-16-13/h6-7,10-12,15H,3-5,8-9H2,1-2H3. The Morgan fingerprint density at radius 2 is 2.40 bits per heavy atom. The van der Waals surface area contributed by atoms with Gasteiger partial charge < -0.3 is 10.2 Å². The number of aromatic nitrogens is 4. The maximum atomic E-state index is 4.55. The Hall–Kier alpha value is -1.69. The normalized spacial score (nSPS) is 19.1. The Balaban J connectivity index is 1.88. The van der Waals surface area contributed by atoms with Crippen LogP contribution in [0.4, 0.5) is 5.82 Å². The zero-order valence-corrected chi connectivity index (χ0v) is 12.2. The van der Waals surface area contributed by atoms with Gasteiger partial charge in [-0.1, -0.05) is 13.8 Å². The van der Waals surface area contributed by atoms with E-state index in [4.69, 9.17) is 0 Å². The molecule has 1 saturated heterocycles. The summed E-state index contributed by atoms with van der Waals surface area (Å²) < 4.78 is 1.93. The van der Waals surface area contributed by atoms with Crippen LogP contribution in [-0.4, -0.2) is 45.3 Å². The monoisotopic (exact) mass is 274 g/mol. The molecule has 108 valence electrons. The number of nitrogens with zero attached hydrogens (tertiary/aromatic N) is 5. The van der Waals surface area contributed by atoms with Crippen LogP contribution in [0.25, 0.3) is 5.65 Å². The van der Waals surface area contributed by atoms with E-state index in [1.54, 1.807) is 6.33 Å². The second-order valence-corrected chi connectivity index (χ2v) is 5.90. The van der Waals surface area contributed by atoms with E-state index in [1.807, 2.05) is 16.8 Å². The maximum absolute atomic E-state index is 4.55. The third kappa shape index (κ3) is 2.75. The van der Waals surface area contributed by atoms with Crippen molar-refractivity contribution >= 4 is 11.5 Å². The summed E-state index contributed by atoms with van der Waals surface area (Å²) in [6.45, 7) is 7.57. The third-order valence-electron chi connectivity index (χ3n) is 3.69. The van der Waals surface area contributed by atoms with Crippen molar-refractivity contribution in [3.63, 3.8) is 0 Å². The summed E-state index contributed by atoms with van der Waals surface area (Å²) in [6, 6.07) is 0.554. The maximum Gasteiger partial charge on any atom is 0.203 e. The molecule has 1 aliphatic heterocycles. The SMILES string of the molecule is CC(C)CN(CC1CCCN1)c1nccn2cnnc12. The second-order valence-electron chi connectivity index (χ2n) is 5.90. The summed E-state index contributed by atoms with van der Waals surface area (Å²) in [7, 11) is 0. The first-order valence-corrected chi connectivity index (χ1v) is 7.36. The Bertz CT molecular complexity index is 558. The zero-order valence-electron chi connectivity index (χ0n) is 12.2. The van der Waals surface area contributed by atoms with Crippen molar-refractivity contribution in [3.05, 3.63) is 18.7 Å². The summed E-state index contributed by atoms with van der Waals surface area (Å²) in [5.41, 5.74) is 0.839. The molecule has 1 fully saturated rings. The van der Waals surface area contributed by atoms with E-state index in [1.165, 1.54) is 12.8 Å². The molecule has 2 aromatic rings. The van der Waals surface area contributed by atoms with Crippen LogP contribution in [0.1, 0.15) is 26.7 Å². The highest BCUT2D eigenvalue weighted by Crippen LogP contribution is 2.19. The molecule has 3 heterocycles. The van der Waals surface area contributed by atoms with E-state index >= 15 is 0 Å². The van der Waals surface area contributed by atoms with Crippen LogP contribution in [0.3, 0.4) is 0 Å². The average molecular weight is 274 g/mol. The minimum Gasteiger partial charge on any atom is -0.352 e. The third-order valence-corrected chi connectivity index (χ3v) is 3.69. The van der Waals surface area contributed by atoms with Gasteiger partial charge in [0.1, 0.15) is 6.33 Å². The first-order chi connectivity index (χ1) is 9.74. The molecule has 2 aromatic heterocycles. The van der Waals surface area contributed by atoms with Crippen molar-refractivity contribution in [1.82, 2.24) is 24.9 Å². The number of rotatable bonds is 5. The molecule has 20 heavy (non-hydrogen) atoms. The summed E-state index contributed by atoms with van der Waals surface area (Å²) >= 11 is 0. The van der Waals surface area contributed by atoms with Gasteiger partial charge in [-0.15, -0.1) is 10.2 Å². The molecule has 0 aliphatic carbocycles. The number of hydrogen-bond acceptors (Lipinski definition) is 5. The van der Waals surface area contributed by atoms with Gasteiger partial charge in [0, 0.05) is 31.5 Å². The number of anilines is 1. The first kappa shape index (κ1) is 13.3. The molecule has 1 aliphatic rings. The highest BCUT2D eigenvalue weighted by molar-refractivity contribution is 5.63. The molecule has 1 unspecified atom stereocenters. The van der Waals surface area contributed by atoms with Crippen LogP contribution < -0.4 is 10.2 Å². The van der Waals surface area contributed by atoms with Gasteiger partial charge in [0.2, 0.25) is 5.65 Å². The van der Waals surface area contributed by atoms with Crippen molar-refractivity contribution in [3.8, 4) is 0 Å². The molecule has 0 saturated carbocycles. The van der Waals surface area contributed by atoms with Crippen LogP contribution in [0.5, 0.6) is 0 Å². The van der Waals surface area contributed by atoms with Crippen molar-refractivity contribution < 1.29 is 0 Å². The van der Waals surface area contributed by atoms with Crippen LogP contribution in [0, 0.1) is 5.92 Å². The molecule has 0 spiro atoms. The van der Waals surface area contributed by atoms with Gasteiger partial charge in [0.25, 0.3) is 0 Å². The fourth-order valence-electron chi connectivity index (χ4n) is 2.84. The first-order valence-electron chi connectivity index (χ1n) is 7.36. The summed E-state index contributed by atoms with van der Waals surface area (Å²) in [5.74, 6) is 1.52. The quantitative estimate of drug-likeness (QED) is 0.891. The van der Waals surface area contributed by atoms with Gasteiger partial charge >= 0.3 is 0 Å². The highest BCUT2D eigenvalue weighted by Gasteiger charge is 2.21. The highest BCUT2D eigenvalue weighted by atomic mass is 15.3. The Morgan fingerprint density at radius 3 is 3.15 bits per heavy atom. The molecule has 0 bridgehead atoms. The largest absolute Gasteiger partial charge is 0.352 e. The topological polar surface area (TPSA) is 58.4 Å². The van der Waals surface area contributed by atoms with Crippen LogP contribution in [0.2, 0.25) is 0 Å². The van der Waals surface area contributed by atoms with Crippen LogP contribution in [0.15, 0.2) is 18.7 Å². The molecule has 1 atom stereocenters. The predicted molar refractivity (Wildman–Crippen MR) is 78.9 cm³/mol. The van der Waals surface area contributed by atoms with E-state index in [0.717, 1.165) is 31.1 Å². The zero-order chi connectivity index (χ0) is 13.9. The second kappa shape index (κ2) is 5.75. The number of hydrogen-bond donors (Lipinski definition) is 1. The molecule has 3 rings (SSSR count). The summed E-state index contributed by atoms with van der Waals surface area (Å²) in [5, 5.41) is 11.8. The molecule has 0 aromatic carbocycles. The van der Waals surface area contributed by atoms with E-state index < -0.39 is 0 Å². The fourth-order valence-corrected chi connectivity index (χ4v) is 2.84. The molecular weight excluding hydrogens is 252 g/mol. The Kier molecular flexibility index (Phi) is 3.82. The summed E-state index contributed by atoms with van der Waals surface area (Å²) in [4.78, 5) is 6.89. The summed E-state index contributed by atoms with van der Waals surface area (Å²) in [6.07, 6.45) is 7.94. The molecule has 0 radical (unpaired) electrons. The van der Waals surface area contributed by atoms with Gasteiger partial charge in [-0.25, -0.2) is 4.98 Å². The Morgan fingerprint density at radius 1 is 1.50 bits per heavy atom. The van der Waals surface area contributed by atoms with Gasteiger partial charge in [-0.05, 0) is 25.3 Å². The van der Waals surface area contributed by atoms with Gasteiger partial charge in [0.15, 0.2) is 5.82 Å². The lowest BCUT2D eigenvalue weighted by Crippen LogP contribution is -2.40. The fraction of sp³-hybridized carbons (Fsp3) is 0.643. The molecule has 1 N–H and O–H groups in total. The Labute approximate surface area is 119 Å². The van der Waals surface area contributed by atoms with Gasteiger partial charge in [-0.2, -0.15) is 0 Å². The van der Waals surface area contributed by atoms with Gasteiger partial charge in [-0.3, -0.25) is 4.40 Å². The van der Waals surface area contributed by atoms with Crippen molar-refractivity contribution in [2.45, 2.75) is 32.7 Å². The van der Waals surface area contributed by atoms with E-state index in [9.17, 15) is 0 Å². The van der Waals surface area contributed by atoms with Gasteiger partial charge in [0.05, 0.1) is 0 Å². The van der Waals surface area contributed by atoms with Crippen LogP contribution >= 0.6 is 0 Å². The predicted octanol–water partition coefficient (Wildman–Crippen LogP) is 1.34. The van der Waals surface area contributed by atoms with Crippen molar-refractivity contribution in [2.24, 2.45) is 5.92 Å². The molecule has 6 nitrogen and oxygen atoms in total. The molecule has 0 amide bonds. The lowest BCUT2D eigenvalue weighted by atomic mass is 10.1. The van der Waals surface area contributed by atoms with E-state index in [2.05, 4.69) is 39.2 Å². The van der Waals surface area contributed by atoms with E-state index in [0.29, 0.717) is 12.0 Å². The minimum atomic E-state index is 0.554. The number of nitrogens with one attached hydrogen (secondary N) is 1. The number of fused-ring (bicyclic) bond motifs is 1. The van der Waals surface area contributed by atoms with E-state index in [-0.39, 0.29) is 0 Å². The average Bonchev–Trinajstić information content (AvgIpc) is 3.07. The van der Waals surface area contributed by atoms with Crippen molar-refractivity contribution in [2.75, 3.05) is 24.5 Å². The van der Waals surface area contributed by atoms with Crippen LogP contribution in [-0.2, 0) is 0 Å².